The van der Waals surface area contributed by atoms with Crippen LogP contribution in [0, 0.1) is 0 Å². The van der Waals surface area contributed by atoms with Crippen LogP contribution >= 0.6 is 12.2 Å². The average molecular weight is 277 g/mol. The molecule has 1 aliphatic heterocycles. The van der Waals surface area contributed by atoms with Gasteiger partial charge in [-0.05, 0) is 43.8 Å². The Labute approximate surface area is 117 Å². The zero-order chi connectivity index (χ0) is 13.8. The molecular weight excluding hydrogens is 262 g/mol. The molecule has 0 amide bonds. The van der Waals surface area contributed by atoms with Gasteiger partial charge >= 0.3 is 5.97 Å². The Hall–Kier alpha value is -1.95. The number of carbonyl (C=O) groups excluding carboxylic acids is 1. The Morgan fingerprint density at radius 2 is 2.16 bits per heavy atom. The summed E-state index contributed by atoms with van der Waals surface area (Å²) in [6.45, 7) is 3.93. The molecule has 2 rings (SSSR count). The van der Waals surface area contributed by atoms with Crippen molar-refractivity contribution in [3.63, 3.8) is 0 Å². The van der Waals surface area contributed by atoms with E-state index in [1.165, 1.54) is 0 Å². The summed E-state index contributed by atoms with van der Waals surface area (Å²) in [5, 5.41) is 6.53. The van der Waals surface area contributed by atoms with Crippen LogP contribution in [-0.2, 0) is 9.53 Å². The fourth-order valence-corrected chi connectivity index (χ4v) is 2.25. The molecule has 0 aromatic carbocycles. The SMILES string of the molecule is CCOC(=O)C1=C(C)NC(=S)NC1c1ccncc1. The number of carbonyl (C=O) groups is 1. The minimum absolute atomic E-state index is 0.309. The maximum absolute atomic E-state index is 12.1. The standard InChI is InChI=1S/C13H15N3O2S/c1-3-18-12(17)10-8(2)15-13(19)16-11(10)9-4-6-14-7-5-9/h4-7,11H,3H2,1-2H3,(H2,15,16,19). The van der Waals surface area contributed by atoms with Gasteiger partial charge in [0.2, 0.25) is 0 Å². The molecule has 5 nitrogen and oxygen atoms in total. The third-order valence-electron chi connectivity index (χ3n) is 2.80. The third-order valence-corrected chi connectivity index (χ3v) is 3.02. The molecule has 0 radical (unpaired) electrons. The first kappa shape index (κ1) is 13.5. The first-order valence-corrected chi connectivity index (χ1v) is 6.39. The summed E-state index contributed by atoms with van der Waals surface area (Å²) in [5.74, 6) is -0.343. The van der Waals surface area contributed by atoms with E-state index in [2.05, 4.69) is 15.6 Å². The molecule has 1 aromatic heterocycles. The van der Waals surface area contributed by atoms with Crippen LogP contribution in [-0.4, -0.2) is 22.7 Å². The normalized spacial score (nSPS) is 18.6. The van der Waals surface area contributed by atoms with E-state index in [1.807, 2.05) is 19.1 Å². The molecule has 1 unspecified atom stereocenters. The molecule has 1 aromatic rings. The van der Waals surface area contributed by atoms with Crippen molar-refractivity contribution in [3.05, 3.63) is 41.4 Å². The van der Waals surface area contributed by atoms with Gasteiger partial charge in [-0.2, -0.15) is 0 Å². The van der Waals surface area contributed by atoms with Gasteiger partial charge in [-0.3, -0.25) is 4.98 Å². The molecule has 0 saturated carbocycles. The van der Waals surface area contributed by atoms with Crippen molar-refractivity contribution in [2.45, 2.75) is 19.9 Å². The highest BCUT2D eigenvalue weighted by atomic mass is 32.1. The van der Waals surface area contributed by atoms with E-state index in [4.69, 9.17) is 17.0 Å². The number of esters is 1. The predicted octanol–water partition coefficient (Wildman–Crippen LogP) is 1.44. The number of thiocarbonyl (C=S) groups is 1. The molecule has 0 saturated heterocycles. The molecule has 2 N–H and O–H groups in total. The van der Waals surface area contributed by atoms with Crippen LogP contribution in [0.2, 0.25) is 0 Å². The fraction of sp³-hybridized carbons (Fsp3) is 0.308. The largest absolute Gasteiger partial charge is 0.463 e. The van der Waals surface area contributed by atoms with Gasteiger partial charge < -0.3 is 15.4 Å². The second kappa shape index (κ2) is 5.79. The molecule has 2 heterocycles. The number of nitrogens with zero attached hydrogens (tertiary/aromatic N) is 1. The minimum Gasteiger partial charge on any atom is -0.463 e. The highest BCUT2D eigenvalue weighted by Crippen LogP contribution is 2.26. The third kappa shape index (κ3) is 2.90. The molecule has 1 atom stereocenters. The molecule has 0 fully saturated rings. The van der Waals surface area contributed by atoms with Gasteiger partial charge in [0.15, 0.2) is 5.11 Å². The van der Waals surface area contributed by atoms with E-state index in [9.17, 15) is 4.79 Å². The van der Waals surface area contributed by atoms with Crippen LogP contribution in [0.25, 0.3) is 0 Å². The van der Waals surface area contributed by atoms with Gasteiger partial charge in [-0.15, -0.1) is 0 Å². The first-order chi connectivity index (χ1) is 9.13. The van der Waals surface area contributed by atoms with Gasteiger partial charge in [0.05, 0.1) is 18.2 Å². The molecule has 0 bridgehead atoms. The highest BCUT2D eigenvalue weighted by molar-refractivity contribution is 7.80. The van der Waals surface area contributed by atoms with Crippen molar-refractivity contribution in [1.29, 1.82) is 0 Å². The maximum Gasteiger partial charge on any atom is 0.338 e. The summed E-state index contributed by atoms with van der Waals surface area (Å²) in [7, 11) is 0. The Morgan fingerprint density at radius 1 is 1.47 bits per heavy atom. The maximum atomic E-state index is 12.1. The van der Waals surface area contributed by atoms with E-state index in [0.717, 1.165) is 5.56 Å². The number of rotatable bonds is 3. The van der Waals surface area contributed by atoms with Gasteiger partial charge in [0.25, 0.3) is 0 Å². The van der Waals surface area contributed by atoms with Gasteiger partial charge in [-0.1, -0.05) is 0 Å². The molecule has 6 heteroatoms. The summed E-state index contributed by atoms with van der Waals surface area (Å²) in [6, 6.07) is 3.38. The van der Waals surface area contributed by atoms with Gasteiger partial charge in [0, 0.05) is 18.1 Å². The lowest BCUT2D eigenvalue weighted by Gasteiger charge is -2.29. The number of aromatic nitrogens is 1. The number of hydrogen-bond donors (Lipinski definition) is 2. The zero-order valence-corrected chi connectivity index (χ0v) is 11.6. The van der Waals surface area contributed by atoms with Crippen LogP contribution in [0.5, 0.6) is 0 Å². The lowest BCUT2D eigenvalue weighted by molar-refractivity contribution is -0.139. The van der Waals surface area contributed by atoms with E-state index >= 15 is 0 Å². The molecule has 100 valence electrons. The topological polar surface area (TPSA) is 63.2 Å². The van der Waals surface area contributed by atoms with Crippen molar-refractivity contribution >= 4 is 23.3 Å². The van der Waals surface area contributed by atoms with Gasteiger partial charge in [-0.25, -0.2) is 4.79 Å². The summed E-state index contributed by atoms with van der Waals surface area (Å²) in [6.07, 6.45) is 3.36. The van der Waals surface area contributed by atoms with Gasteiger partial charge in [0.1, 0.15) is 0 Å². The van der Waals surface area contributed by atoms with Crippen LogP contribution < -0.4 is 10.6 Å². The van der Waals surface area contributed by atoms with Crippen LogP contribution in [0.3, 0.4) is 0 Å². The minimum atomic E-state index is -0.343. The molecule has 19 heavy (non-hydrogen) atoms. The summed E-state index contributed by atoms with van der Waals surface area (Å²) < 4.78 is 5.10. The van der Waals surface area contributed by atoms with Crippen molar-refractivity contribution in [1.82, 2.24) is 15.6 Å². The number of hydrogen-bond acceptors (Lipinski definition) is 4. The lowest BCUT2D eigenvalue weighted by atomic mass is 9.96. The second-order valence-corrected chi connectivity index (χ2v) is 4.48. The smallest absolute Gasteiger partial charge is 0.338 e. The highest BCUT2D eigenvalue weighted by Gasteiger charge is 2.30. The van der Waals surface area contributed by atoms with E-state index in [-0.39, 0.29) is 12.0 Å². The summed E-state index contributed by atoms with van der Waals surface area (Å²) >= 11 is 5.14. The number of allylic oxidation sites excluding steroid dienone is 1. The summed E-state index contributed by atoms with van der Waals surface area (Å²) in [5.41, 5.74) is 2.17. The average Bonchev–Trinajstić information content (AvgIpc) is 2.39. The Morgan fingerprint density at radius 3 is 2.79 bits per heavy atom. The van der Waals surface area contributed by atoms with E-state index < -0.39 is 0 Å². The molecular formula is C13H15N3O2S. The van der Waals surface area contributed by atoms with Crippen LogP contribution in [0.15, 0.2) is 35.8 Å². The van der Waals surface area contributed by atoms with E-state index in [0.29, 0.717) is 23.0 Å². The predicted molar refractivity (Wildman–Crippen MR) is 75.2 cm³/mol. The Kier molecular flexibility index (Phi) is 4.11. The monoisotopic (exact) mass is 277 g/mol. The Bertz CT molecular complexity index is 528. The van der Waals surface area contributed by atoms with Crippen molar-refractivity contribution in [2.24, 2.45) is 0 Å². The van der Waals surface area contributed by atoms with Crippen molar-refractivity contribution in [3.8, 4) is 0 Å². The molecule has 0 aliphatic carbocycles. The number of pyridine rings is 1. The van der Waals surface area contributed by atoms with Crippen molar-refractivity contribution < 1.29 is 9.53 Å². The number of ether oxygens (including phenoxy) is 1. The van der Waals surface area contributed by atoms with E-state index in [1.54, 1.807) is 19.3 Å². The Balaban J connectivity index is 2.41. The first-order valence-electron chi connectivity index (χ1n) is 5.98. The second-order valence-electron chi connectivity index (χ2n) is 4.07. The fourth-order valence-electron chi connectivity index (χ4n) is 1.98. The summed E-state index contributed by atoms with van der Waals surface area (Å²) in [4.78, 5) is 16.1. The van der Waals surface area contributed by atoms with Crippen molar-refractivity contribution in [2.75, 3.05) is 6.61 Å². The lowest BCUT2D eigenvalue weighted by Crippen LogP contribution is -2.45. The number of nitrogens with one attached hydrogen (secondary N) is 2. The molecule has 1 aliphatic rings. The van der Waals surface area contributed by atoms with Crippen LogP contribution in [0.1, 0.15) is 25.5 Å². The molecule has 0 spiro atoms. The van der Waals surface area contributed by atoms with Crippen LogP contribution in [0.4, 0.5) is 0 Å². The zero-order valence-electron chi connectivity index (χ0n) is 10.8. The quantitative estimate of drug-likeness (QED) is 0.644.